The molecule has 2 aromatic rings. The van der Waals surface area contributed by atoms with Crippen molar-refractivity contribution in [2.45, 2.75) is 83.2 Å². The van der Waals surface area contributed by atoms with Crippen LogP contribution < -0.4 is 5.32 Å². The van der Waals surface area contributed by atoms with Gasteiger partial charge in [-0.3, -0.25) is 29.0 Å². The lowest BCUT2D eigenvalue weighted by molar-refractivity contribution is -0.135. The molecule has 1 aromatic heterocycles. The average molecular weight is 630 g/mol. The Hall–Kier alpha value is -4.28. The molecule has 2 aliphatic carbocycles. The van der Waals surface area contributed by atoms with E-state index in [2.05, 4.69) is 12.2 Å². The predicted molar refractivity (Wildman–Crippen MR) is 169 cm³/mol. The second-order valence-electron chi connectivity index (χ2n) is 13.9. The molecular weight excluding hydrogens is 586 g/mol. The number of aromatic nitrogens is 1. The SMILES string of the molecule is CC1CCCC1C1(C)C(=O)N(CC(=O)c2cccn2-c2cccc(C(=O)CN3C(=O)NC(C)(C4CCCCC4)C3=O)c2)C(=O)N1C. The number of nitrogens with zero attached hydrogens (tertiary/aromatic N) is 4. The van der Waals surface area contributed by atoms with Gasteiger partial charge in [0.25, 0.3) is 11.8 Å². The Labute approximate surface area is 269 Å². The number of likely N-dealkylation sites (N-methyl/N-ethyl adjacent to an activating group) is 1. The minimum atomic E-state index is -1.01. The van der Waals surface area contributed by atoms with Crippen molar-refractivity contribution < 1.29 is 28.8 Å². The molecule has 4 atom stereocenters. The molecule has 0 spiro atoms. The smallest absolute Gasteiger partial charge is 0.323 e. The molecule has 11 nitrogen and oxygen atoms in total. The van der Waals surface area contributed by atoms with Crippen molar-refractivity contribution in [1.82, 2.24) is 24.6 Å². The molecule has 2 aliphatic heterocycles. The topological polar surface area (TPSA) is 129 Å². The first-order valence-corrected chi connectivity index (χ1v) is 16.5. The number of amides is 6. The summed E-state index contributed by atoms with van der Waals surface area (Å²) in [5.41, 5.74) is -0.952. The summed E-state index contributed by atoms with van der Waals surface area (Å²) in [6.07, 6.45) is 9.41. The molecule has 1 N–H and O–H groups in total. The van der Waals surface area contributed by atoms with Crippen LogP contribution in [0.15, 0.2) is 42.6 Å². The summed E-state index contributed by atoms with van der Waals surface area (Å²) in [4.78, 5) is 83.8. The van der Waals surface area contributed by atoms with Crippen LogP contribution in [0.25, 0.3) is 5.69 Å². The Morgan fingerprint density at radius 1 is 0.848 bits per heavy atom. The van der Waals surface area contributed by atoms with Gasteiger partial charge in [0.15, 0.2) is 11.6 Å². The van der Waals surface area contributed by atoms with Gasteiger partial charge in [-0.05, 0) is 75.1 Å². The maximum absolute atomic E-state index is 13.7. The van der Waals surface area contributed by atoms with E-state index in [9.17, 15) is 28.8 Å². The van der Waals surface area contributed by atoms with Gasteiger partial charge in [-0.25, -0.2) is 9.59 Å². The summed E-state index contributed by atoms with van der Waals surface area (Å²) in [6, 6.07) is 8.88. The molecule has 46 heavy (non-hydrogen) atoms. The molecule has 11 heteroatoms. The Morgan fingerprint density at radius 3 is 2.26 bits per heavy atom. The highest BCUT2D eigenvalue weighted by Crippen LogP contribution is 2.45. The van der Waals surface area contributed by atoms with Crippen molar-refractivity contribution in [2.75, 3.05) is 20.1 Å². The number of ketones is 2. The maximum atomic E-state index is 13.7. The maximum Gasteiger partial charge on any atom is 0.327 e. The van der Waals surface area contributed by atoms with Crippen molar-refractivity contribution >= 4 is 35.4 Å². The minimum Gasteiger partial charge on any atom is -0.323 e. The highest BCUT2D eigenvalue weighted by atomic mass is 16.2. The lowest BCUT2D eigenvalue weighted by Crippen LogP contribution is -2.52. The third-order valence-corrected chi connectivity index (χ3v) is 11.3. The molecule has 1 aromatic carbocycles. The normalized spacial score (nSPS) is 28.8. The second-order valence-corrected chi connectivity index (χ2v) is 13.9. The third kappa shape index (κ3) is 5.04. The number of imide groups is 2. The molecular formula is C35H43N5O6. The Bertz CT molecular complexity index is 1610. The fraction of sp³-hybridized carbons (Fsp3) is 0.543. The van der Waals surface area contributed by atoms with Crippen LogP contribution in [0.3, 0.4) is 0 Å². The highest BCUT2D eigenvalue weighted by molar-refractivity contribution is 6.12. The van der Waals surface area contributed by atoms with Gasteiger partial charge in [-0.1, -0.05) is 51.2 Å². The summed E-state index contributed by atoms with van der Waals surface area (Å²) in [6.45, 7) is 4.90. The molecule has 4 unspecified atom stereocenters. The highest BCUT2D eigenvalue weighted by Gasteiger charge is 2.58. The van der Waals surface area contributed by atoms with Crippen molar-refractivity contribution in [3.63, 3.8) is 0 Å². The van der Waals surface area contributed by atoms with E-state index in [1.54, 1.807) is 61.1 Å². The summed E-state index contributed by atoms with van der Waals surface area (Å²) in [5, 5.41) is 2.86. The van der Waals surface area contributed by atoms with Gasteiger partial charge in [0.05, 0.1) is 18.8 Å². The van der Waals surface area contributed by atoms with Gasteiger partial charge in [-0.15, -0.1) is 0 Å². The zero-order valence-electron chi connectivity index (χ0n) is 27.1. The fourth-order valence-electron chi connectivity index (χ4n) is 8.35. The van der Waals surface area contributed by atoms with Gasteiger partial charge < -0.3 is 14.8 Å². The quantitative estimate of drug-likeness (QED) is 0.313. The Balaban J connectivity index is 1.17. The lowest BCUT2D eigenvalue weighted by Gasteiger charge is -2.36. The van der Waals surface area contributed by atoms with E-state index in [-0.39, 0.29) is 41.5 Å². The van der Waals surface area contributed by atoms with Gasteiger partial charge in [0.2, 0.25) is 0 Å². The Kier molecular flexibility index (Phi) is 8.14. The summed E-state index contributed by atoms with van der Waals surface area (Å²) < 4.78 is 1.61. The molecule has 244 valence electrons. The van der Waals surface area contributed by atoms with Gasteiger partial charge in [0.1, 0.15) is 11.1 Å². The number of hydrogen-bond donors (Lipinski definition) is 1. The molecule has 6 amide bonds. The first-order valence-electron chi connectivity index (χ1n) is 16.5. The number of nitrogens with one attached hydrogen (secondary N) is 1. The fourth-order valence-corrected chi connectivity index (χ4v) is 8.35. The van der Waals surface area contributed by atoms with E-state index < -0.39 is 41.3 Å². The summed E-state index contributed by atoms with van der Waals surface area (Å²) in [7, 11) is 1.64. The molecule has 0 radical (unpaired) electrons. The molecule has 4 aliphatic rings. The zero-order valence-corrected chi connectivity index (χ0v) is 27.1. The van der Waals surface area contributed by atoms with Crippen LogP contribution in [0.2, 0.25) is 0 Å². The van der Waals surface area contributed by atoms with E-state index in [0.29, 0.717) is 11.6 Å². The van der Waals surface area contributed by atoms with E-state index >= 15 is 0 Å². The molecule has 3 heterocycles. The van der Waals surface area contributed by atoms with Crippen molar-refractivity contribution in [1.29, 1.82) is 0 Å². The molecule has 4 fully saturated rings. The van der Waals surface area contributed by atoms with E-state index in [0.717, 1.165) is 61.2 Å². The molecule has 2 saturated heterocycles. The number of carbonyl (C=O) groups excluding carboxylic acids is 6. The number of carbonyl (C=O) groups is 6. The summed E-state index contributed by atoms with van der Waals surface area (Å²) >= 11 is 0. The first-order chi connectivity index (χ1) is 21.9. The van der Waals surface area contributed by atoms with Crippen LogP contribution in [0.4, 0.5) is 9.59 Å². The monoisotopic (exact) mass is 629 g/mol. The van der Waals surface area contributed by atoms with Crippen molar-refractivity contribution in [3.05, 3.63) is 53.9 Å². The number of urea groups is 2. The Morgan fingerprint density at radius 2 is 1.57 bits per heavy atom. The third-order valence-electron chi connectivity index (χ3n) is 11.3. The van der Waals surface area contributed by atoms with Crippen LogP contribution in [0.1, 0.15) is 93.0 Å². The first kappa shape index (κ1) is 31.7. The lowest BCUT2D eigenvalue weighted by atomic mass is 9.75. The molecule has 6 rings (SSSR count). The number of hydrogen-bond acceptors (Lipinski definition) is 6. The van der Waals surface area contributed by atoms with E-state index in [1.807, 2.05) is 6.92 Å². The van der Waals surface area contributed by atoms with E-state index in [1.165, 1.54) is 4.90 Å². The van der Waals surface area contributed by atoms with Crippen LogP contribution in [-0.2, 0) is 9.59 Å². The van der Waals surface area contributed by atoms with Crippen molar-refractivity contribution in [2.24, 2.45) is 17.8 Å². The predicted octanol–water partition coefficient (Wildman–Crippen LogP) is 4.82. The number of rotatable bonds is 9. The molecule has 2 saturated carbocycles. The van der Waals surface area contributed by atoms with Crippen LogP contribution in [0.5, 0.6) is 0 Å². The minimum absolute atomic E-state index is 0.0288. The zero-order chi connectivity index (χ0) is 33.0. The number of Topliss-reactive ketones (excluding diaryl/α,β-unsaturated/α-hetero) is 2. The second kappa shape index (κ2) is 11.8. The van der Waals surface area contributed by atoms with Crippen molar-refractivity contribution in [3.8, 4) is 5.69 Å². The van der Waals surface area contributed by atoms with Gasteiger partial charge >= 0.3 is 12.1 Å². The van der Waals surface area contributed by atoms with Gasteiger partial charge in [0, 0.05) is 24.5 Å². The standard InChI is InChI=1S/C35H43N5O6/c1-22-11-8-16-26(22)35(3)31(44)40(33(46)37(35)4)21-29(42)27-17-10-18-38(27)25-15-9-12-23(19-25)28(41)20-39-30(43)34(2,36-32(39)45)24-13-6-5-7-14-24/h9-10,12,15,17-19,22,24,26H,5-8,11,13-14,16,20-21H2,1-4H3,(H,36,45). The van der Waals surface area contributed by atoms with Gasteiger partial charge in [-0.2, -0.15) is 0 Å². The largest absolute Gasteiger partial charge is 0.327 e. The van der Waals surface area contributed by atoms with Crippen LogP contribution in [-0.4, -0.2) is 85.9 Å². The summed E-state index contributed by atoms with van der Waals surface area (Å²) in [5.74, 6) is -1.18. The van der Waals surface area contributed by atoms with Crippen LogP contribution in [0, 0.1) is 17.8 Å². The average Bonchev–Trinajstić information content (AvgIpc) is 3.81. The molecule has 0 bridgehead atoms. The number of benzene rings is 1. The van der Waals surface area contributed by atoms with Crippen LogP contribution >= 0.6 is 0 Å². The van der Waals surface area contributed by atoms with E-state index in [4.69, 9.17) is 0 Å².